The van der Waals surface area contributed by atoms with Gasteiger partial charge < -0.3 is 4.74 Å². The molecule has 0 fully saturated rings. The average molecular weight is 363 g/mol. The first-order valence-corrected chi connectivity index (χ1v) is 9.37. The Morgan fingerprint density at radius 2 is 1.76 bits per heavy atom. The second-order valence-corrected chi connectivity index (χ2v) is 7.56. The van der Waals surface area contributed by atoms with Crippen LogP contribution >= 0.6 is 23.1 Å². The minimum Gasteiger partial charge on any atom is -0.402 e. The van der Waals surface area contributed by atoms with E-state index in [4.69, 9.17) is 4.74 Å². The molecule has 2 heterocycles. The second-order valence-electron chi connectivity index (χ2n) is 5.27. The summed E-state index contributed by atoms with van der Waals surface area (Å²) in [5.74, 6) is -0.0741. The van der Waals surface area contributed by atoms with Crippen LogP contribution in [0.3, 0.4) is 0 Å². The van der Waals surface area contributed by atoms with Crippen LogP contribution in [0.1, 0.15) is 11.1 Å². The first kappa shape index (κ1) is 15.9. The zero-order valence-electron chi connectivity index (χ0n) is 13.1. The molecular weight excluding hydrogens is 350 g/mol. The monoisotopic (exact) mass is 363 g/mol. The number of cyclic esters (lactones) is 1. The second kappa shape index (κ2) is 7.09. The van der Waals surface area contributed by atoms with Gasteiger partial charge in [0.2, 0.25) is 5.90 Å². The van der Waals surface area contributed by atoms with Crippen LogP contribution < -0.4 is 0 Å². The van der Waals surface area contributed by atoms with Gasteiger partial charge in [-0.1, -0.05) is 54.2 Å². The smallest absolute Gasteiger partial charge is 0.363 e. The maximum Gasteiger partial charge on any atom is 0.363 e. The third-order valence-electron chi connectivity index (χ3n) is 3.56. The Balaban J connectivity index is 1.67. The van der Waals surface area contributed by atoms with Gasteiger partial charge in [-0.2, -0.15) is 0 Å². The minimum absolute atomic E-state index is 0.318. The van der Waals surface area contributed by atoms with E-state index in [2.05, 4.69) is 11.1 Å². The molecule has 0 saturated carbocycles. The third-order valence-corrected chi connectivity index (χ3v) is 5.69. The van der Waals surface area contributed by atoms with E-state index in [0.717, 1.165) is 16.0 Å². The van der Waals surface area contributed by atoms with Gasteiger partial charge in [0.25, 0.3) is 0 Å². The lowest BCUT2D eigenvalue weighted by Gasteiger charge is -2.03. The van der Waals surface area contributed by atoms with Crippen molar-refractivity contribution in [3.8, 4) is 0 Å². The molecule has 1 aliphatic rings. The number of esters is 1. The topological polar surface area (TPSA) is 38.7 Å². The Morgan fingerprint density at radius 1 is 0.960 bits per heavy atom. The number of hydrogen-bond acceptors (Lipinski definition) is 5. The highest BCUT2D eigenvalue weighted by Crippen LogP contribution is 2.34. The van der Waals surface area contributed by atoms with Crippen LogP contribution in [0.5, 0.6) is 0 Å². The molecule has 0 amide bonds. The fourth-order valence-electron chi connectivity index (χ4n) is 2.38. The minimum atomic E-state index is -0.422. The Bertz CT molecular complexity index is 960. The molecule has 4 rings (SSSR count). The molecule has 25 heavy (non-hydrogen) atoms. The van der Waals surface area contributed by atoms with E-state index in [1.54, 1.807) is 29.2 Å². The summed E-state index contributed by atoms with van der Waals surface area (Å²) in [6.45, 7) is 0. The van der Waals surface area contributed by atoms with Gasteiger partial charge in [-0.3, -0.25) is 0 Å². The normalized spacial score (nSPS) is 15.3. The molecule has 0 spiro atoms. The van der Waals surface area contributed by atoms with Crippen molar-refractivity contribution in [3.05, 3.63) is 88.9 Å². The summed E-state index contributed by atoms with van der Waals surface area (Å²) in [4.78, 5) is 17.6. The Hall–Kier alpha value is -2.63. The molecule has 0 radical (unpaired) electrons. The molecule has 0 N–H and O–H groups in total. The van der Waals surface area contributed by atoms with Crippen LogP contribution in [0.4, 0.5) is 0 Å². The van der Waals surface area contributed by atoms with E-state index in [-0.39, 0.29) is 0 Å². The highest BCUT2D eigenvalue weighted by Gasteiger charge is 2.24. The SMILES string of the molecule is O=C1OC(c2ccccc2)=N/C1=C\c1ccccc1Sc1cccs1. The summed E-state index contributed by atoms with van der Waals surface area (Å²) in [6, 6.07) is 21.5. The lowest BCUT2D eigenvalue weighted by atomic mass is 10.2. The molecule has 0 saturated heterocycles. The summed E-state index contributed by atoms with van der Waals surface area (Å²) in [6.07, 6.45) is 1.79. The van der Waals surface area contributed by atoms with Gasteiger partial charge in [-0.25, -0.2) is 9.79 Å². The van der Waals surface area contributed by atoms with Crippen LogP contribution in [0.15, 0.2) is 91.9 Å². The first-order valence-electron chi connectivity index (χ1n) is 7.68. The largest absolute Gasteiger partial charge is 0.402 e. The molecule has 0 atom stereocenters. The van der Waals surface area contributed by atoms with E-state index in [0.29, 0.717) is 11.6 Å². The van der Waals surface area contributed by atoms with Crippen LogP contribution in [-0.2, 0) is 9.53 Å². The van der Waals surface area contributed by atoms with Gasteiger partial charge in [0.15, 0.2) is 5.70 Å². The Kier molecular flexibility index (Phi) is 4.50. The van der Waals surface area contributed by atoms with Gasteiger partial charge in [0.05, 0.1) is 4.21 Å². The summed E-state index contributed by atoms with van der Waals surface area (Å²) >= 11 is 3.37. The molecule has 1 aromatic heterocycles. The van der Waals surface area contributed by atoms with Crippen LogP contribution in [0.25, 0.3) is 6.08 Å². The molecule has 0 bridgehead atoms. The van der Waals surface area contributed by atoms with Crippen molar-refractivity contribution >= 4 is 41.0 Å². The molecule has 3 aromatic rings. The van der Waals surface area contributed by atoms with E-state index in [1.165, 1.54) is 4.21 Å². The molecule has 0 unspecified atom stereocenters. The van der Waals surface area contributed by atoms with Gasteiger partial charge in [-0.15, -0.1) is 11.3 Å². The maximum absolute atomic E-state index is 12.2. The van der Waals surface area contributed by atoms with Gasteiger partial charge in [0.1, 0.15) is 0 Å². The molecule has 122 valence electrons. The number of aliphatic imine (C=N–C) groups is 1. The van der Waals surface area contributed by atoms with E-state index in [1.807, 2.05) is 66.0 Å². The number of carbonyl (C=O) groups is 1. The standard InChI is InChI=1S/C20H13NO2S2/c22-20-16(21-19(23-20)14-7-2-1-3-8-14)13-15-9-4-5-10-17(15)25-18-11-6-12-24-18/h1-13H/b16-13-. The van der Waals surface area contributed by atoms with Crippen molar-refractivity contribution < 1.29 is 9.53 Å². The predicted molar refractivity (Wildman–Crippen MR) is 102 cm³/mol. The Morgan fingerprint density at radius 3 is 2.56 bits per heavy atom. The van der Waals surface area contributed by atoms with Crippen molar-refractivity contribution in [2.75, 3.05) is 0 Å². The van der Waals surface area contributed by atoms with Crippen molar-refractivity contribution in [2.45, 2.75) is 9.10 Å². The summed E-state index contributed by atoms with van der Waals surface area (Å²) in [7, 11) is 0. The number of hydrogen-bond donors (Lipinski definition) is 0. The van der Waals surface area contributed by atoms with Gasteiger partial charge >= 0.3 is 5.97 Å². The lowest BCUT2D eigenvalue weighted by molar-refractivity contribution is -0.129. The van der Waals surface area contributed by atoms with Crippen LogP contribution in [-0.4, -0.2) is 11.9 Å². The number of thiophene rings is 1. The first-order chi connectivity index (χ1) is 12.3. The van der Waals surface area contributed by atoms with Crippen molar-refractivity contribution in [1.82, 2.24) is 0 Å². The van der Waals surface area contributed by atoms with Crippen LogP contribution in [0.2, 0.25) is 0 Å². The molecular formula is C20H13NO2S2. The Labute approximate surface area is 153 Å². The highest BCUT2D eigenvalue weighted by atomic mass is 32.2. The predicted octanol–water partition coefficient (Wildman–Crippen LogP) is 5.24. The van der Waals surface area contributed by atoms with E-state index >= 15 is 0 Å². The molecule has 3 nitrogen and oxygen atoms in total. The summed E-state index contributed by atoms with van der Waals surface area (Å²) in [5.41, 5.74) is 2.06. The van der Waals surface area contributed by atoms with Gasteiger partial charge in [0, 0.05) is 10.5 Å². The number of ether oxygens (including phenoxy) is 1. The fourth-order valence-corrected chi connectivity index (χ4v) is 4.21. The van der Waals surface area contributed by atoms with E-state index < -0.39 is 5.97 Å². The molecule has 0 aliphatic carbocycles. The highest BCUT2D eigenvalue weighted by molar-refractivity contribution is 8.01. The van der Waals surface area contributed by atoms with E-state index in [9.17, 15) is 4.79 Å². The average Bonchev–Trinajstić information content (AvgIpc) is 3.28. The number of carbonyl (C=O) groups excluding carboxylic acids is 1. The molecule has 2 aromatic carbocycles. The number of nitrogens with zero attached hydrogens (tertiary/aromatic N) is 1. The number of benzene rings is 2. The van der Waals surface area contributed by atoms with Crippen molar-refractivity contribution in [2.24, 2.45) is 4.99 Å². The zero-order valence-corrected chi connectivity index (χ0v) is 14.7. The van der Waals surface area contributed by atoms with Crippen molar-refractivity contribution in [3.63, 3.8) is 0 Å². The molecule has 1 aliphatic heterocycles. The van der Waals surface area contributed by atoms with Gasteiger partial charge in [-0.05, 0) is 41.3 Å². The zero-order chi connectivity index (χ0) is 17.1. The third kappa shape index (κ3) is 3.57. The quantitative estimate of drug-likeness (QED) is 0.470. The lowest BCUT2D eigenvalue weighted by Crippen LogP contribution is -2.04. The van der Waals surface area contributed by atoms with Crippen LogP contribution in [0, 0.1) is 0 Å². The molecule has 5 heteroatoms. The summed E-state index contributed by atoms with van der Waals surface area (Å²) < 4.78 is 6.52. The maximum atomic E-state index is 12.2. The summed E-state index contributed by atoms with van der Waals surface area (Å²) in [5, 5.41) is 2.05. The van der Waals surface area contributed by atoms with Crippen molar-refractivity contribution in [1.29, 1.82) is 0 Å². The number of rotatable bonds is 4. The fraction of sp³-hybridized carbons (Fsp3) is 0.